The van der Waals surface area contributed by atoms with Crippen molar-refractivity contribution in [2.75, 3.05) is 20.2 Å². The number of nitrogens with zero attached hydrogens (tertiary/aromatic N) is 4. The second-order valence-corrected chi connectivity index (χ2v) is 9.10. The summed E-state index contributed by atoms with van der Waals surface area (Å²) in [6.45, 7) is 11.2. The quantitative estimate of drug-likeness (QED) is 0.464. The largest absolute Gasteiger partial charge is 0.494 e. The monoisotopic (exact) mass is 473 g/mol. The molecule has 0 bridgehead atoms. The second-order valence-electron chi connectivity index (χ2n) is 9.10. The zero-order valence-corrected chi connectivity index (χ0v) is 20.9. The first-order valence-electron chi connectivity index (χ1n) is 12.2. The lowest BCUT2D eigenvalue weighted by Crippen LogP contribution is -2.43. The van der Waals surface area contributed by atoms with Gasteiger partial charge in [-0.3, -0.25) is 4.90 Å². The molecule has 35 heavy (non-hydrogen) atoms. The number of aromatic nitrogens is 2. The number of carbonyl (C=O) groups excluding carboxylic acids is 1. The van der Waals surface area contributed by atoms with Crippen molar-refractivity contribution in [3.63, 3.8) is 0 Å². The Balaban J connectivity index is 1.70. The van der Waals surface area contributed by atoms with Crippen LogP contribution in [0.5, 0.6) is 5.75 Å². The van der Waals surface area contributed by atoms with Crippen molar-refractivity contribution in [3.05, 3.63) is 89.8 Å². The topological polar surface area (TPSA) is 62.6 Å². The minimum Gasteiger partial charge on any atom is -0.494 e. The van der Waals surface area contributed by atoms with E-state index in [1.807, 2.05) is 53.8 Å². The molecule has 0 saturated carbocycles. The molecule has 0 saturated heterocycles. The normalized spacial score (nSPS) is 13.4. The summed E-state index contributed by atoms with van der Waals surface area (Å²) in [5, 5.41) is 7.98. The van der Waals surface area contributed by atoms with Crippen LogP contribution in [0.1, 0.15) is 36.4 Å². The first-order chi connectivity index (χ1) is 17.0. The fourth-order valence-electron chi connectivity index (χ4n) is 4.56. The van der Waals surface area contributed by atoms with Crippen molar-refractivity contribution < 1.29 is 9.53 Å². The summed E-state index contributed by atoms with van der Waals surface area (Å²) in [6, 6.07) is 18.4. The Hall–Kier alpha value is -3.58. The number of hydrogen-bond donors (Lipinski definition) is 1. The molecule has 2 amide bonds. The highest BCUT2D eigenvalue weighted by molar-refractivity contribution is 5.74. The number of fused-ring (bicyclic) bond motifs is 1. The zero-order valence-electron chi connectivity index (χ0n) is 20.9. The summed E-state index contributed by atoms with van der Waals surface area (Å²) in [7, 11) is 1.68. The van der Waals surface area contributed by atoms with Gasteiger partial charge in [-0.15, -0.1) is 6.58 Å². The maximum Gasteiger partial charge on any atom is 0.318 e. The third-order valence-corrected chi connectivity index (χ3v) is 6.38. The molecular formula is C28H35N5O2. The molecule has 1 aliphatic heterocycles. The van der Waals surface area contributed by atoms with Crippen LogP contribution >= 0.6 is 0 Å². The molecule has 0 unspecified atom stereocenters. The standard InChI is InChI=1S/C28H35N5O2/c1-5-16-29-28(34)32(21(2)3)20-24-23-19-31(18-22-11-7-6-8-12-22)17-15-25(23)33(30-24)26-13-9-10-14-27(26)35-4/h5-14,21H,1,15-20H2,2-4H3,(H,29,34). The van der Waals surface area contributed by atoms with Crippen LogP contribution < -0.4 is 10.1 Å². The lowest BCUT2D eigenvalue weighted by molar-refractivity contribution is 0.179. The van der Waals surface area contributed by atoms with E-state index in [9.17, 15) is 4.79 Å². The van der Waals surface area contributed by atoms with Crippen molar-refractivity contribution in [2.45, 2.75) is 45.9 Å². The highest BCUT2D eigenvalue weighted by Gasteiger charge is 2.29. The van der Waals surface area contributed by atoms with Crippen LogP contribution in [0.25, 0.3) is 5.69 Å². The number of para-hydroxylation sites is 2. The molecule has 4 rings (SSSR count). The number of nitrogens with one attached hydrogen (secondary N) is 1. The van der Waals surface area contributed by atoms with Gasteiger partial charge < -0.3 is 15.0 Å². The highest BCUT2D eigenvalue weighted by Crippen LogP contribution is 2.31. The molecular weight excluding hydrogens is 438 g/mol. The average molecular weight is 474 g/mol. The van der Waals surface area contributed by atoms with Gasteiger partial charge in [-0.05, 0) is 31.5 Å². The van der Waals surface area contributed by atoms with Gasteiger partial charge in [0.1, 0.15) is 11.4 Å². The van der Waals surface area contributed by atoms with E-state index in [1.54, 1.807) is 13.2 Å². The van der Waals surface area contributed by atoms with Crippen molar-refractivity contribution in [1.82, 2.24) is 24.9 Å². The van der Waals surface area contributed by atoms with E-state index in [1.165, 1.54) is 16.8 Å². The van der Waals surface area contributed by atoms with Crippen molar-refractivity contribution in [2.24, 2.45) is 0 Å². The molecule has 184 valence electrons. The SMILES string of the molecule is C=CCNC(=O)N(Cc1nn(-c2ccccc2OC)c2c1CN(Cc1ccccc1)CC2)C(C)C. The van der Waals surface area contributed by atoms with Crippen molar-refractivity contribution >= 4 is 6.03 Å². The van der Waals surface area contributed by atoms with Gasteiger partial charge in [0.25, 0.3) is 0 Å². The van der Waals surface area contributed by atoms with E-state index in [-0.39, 0.29) is 12.1 Å². The minimum atomic E-state index is -0.113. The molecule has 0 atom stereocenters. The summed E-state index contributed by atoms with van der Waals surface area (Å²) in [6.07, 6.45) is 2.56. The first kappa shape index (κ1) is 24.5. The van der Waals surface area contributed by atoms with E-state index < -0.39 is 0 Å². The predicted molar refractivity (Wildman–Crippen MR) is 139 cm³/mol. The number of amides is 2. The molecule has 0 aliphatic carbocycles. The molecule has 1 aliphatic rings. The Morgan fingerprint density at radius 1 is 1.20 bits per heavy atom. The van der Waals surface area contributed by atoms with Crippen LogP contribution in [-0.2, 0) is 26.1 Å². The van der Waals surface area contributed by atoms with Gasteiger partial charge in [0, 0.05) is 44.2 Å². The maximum absolute atomic E-state index is 12.9. The minimum absolute atomic E-state index is 0.0240. The van der Waals surface area contributed by atoms with E-state index in [2.05, 4.69) is 41.1 Å². The summed E-state index contributed by atoms with van der Waals surface area (Å²) in [4.78, 5) is 17.2. The van der Waals surface area contributed by atoms with E-state index >= 15 is 0 Å². The lowest BCUT2D eigenvalue weighted by atomic mass is 10.0. The molecule has 1 N–H and O–H groups in total. The van der Waals surface area contributed by atoms with Crippen LogP contribution in [0.2, 0.25) is 0 Å². The van der Waals surface area contributed by atoms with Gasteiger partial charge in [0.05, 0.1) is 25.0 Å². The van der Waals surface area contributed by atoms with Crippen LogP contribution in [0.4, 0.5) is 4.79 Å². The Bertz CT molecular complexity index is 1160. The molecule has 3 aromatic rings. The number of rotatable bonds is 9. The number of urea groups is 1. The zero-order chi connectivity index (χ0) is 24.8. The molecule has 0 radical (unpaired) electrons. The number of methoxy groups -OCH3 is 1. The summed E-state index contributed by atoms with van der Waals surface area (Å²) < 4.78 is 7.66. The number of hydrogen-bond acceptors (Lipinski definition) is 4. The van der Waals surface area contributed by atoms with Gasteiger partial charge in [0.15, 0.2) is 0 Å². The average Bonchev–Trinajstić information content (AvgIpc) is 3.23. The number of carbonyl (C=O) groups is 1. The number of ether oxygens (including phenoxy) is 1. The van der Waals surface area contributed by atoms with Gasteiger partial charge in [-0.2, -0.15) is 5.10 Å². The lowest BCUT2D eigenvalue weighted by Gasteiger charge is -2.29. The Kier molecular flexibility index (Phi) is 7.87. The van der Waals surface area contributed by atoms with Gasteiger partial charge in [0.2, 0.25) is 0 Å². The fraction of sp³-hybridized carbons (Fsp3) is 0.357. The molecule has 7 heteroatoms. The van der Waals surface area contributed by atoms with Gasteiger partial charge in [-0.25, -0.2) is 9.48 Å². The molecule has 2 aromatic carbocycles. The second kappa shape index (κ2) is 11.2. The summed E-state index contributed by atoms with van der Waals surface area (Å²) >= 11 is 0. The first-order valence-corrected chi connectivity index (χ1v) is 12.2. The van der Waals surface area contributed by atoms with E-state index in [4.69, 9.17) is 9.84 Å². The molecule has 2 heterocycles. The third kappa shape index (κ3) is 5.57. The molecule has 7 nitrogen and oxygen atoms in total. The predicted octanol–water partition coefficient (Wildman–Crippen LogP) is 4.55. The Morgan fingerprint density at radius 3 is 2.66 bits per heavy atom. The van der Waals surface area contributed by atoms with Crippen LogP contribution in [0, 0.1) is 0 Å². The molecule has 1 aromatic heterocycles. The Morgan fingerprint density at radius 2 is 1.94 bits per heavy atom. The van der Waals surface area contributed by atoms with Crippen LogP contribution in [0.15, 0.2) is 67.3 Å². The van der Waals surface area contributed by atoms with E-state index in [0.717, 1.165) is 43.2 Å². The molecule has 0 spiro atoms. The van der Waals surface area contributed by atoms with E-state index in [0.29, 0.717) is 13.1 Å². The van der Waals surface area contributed by atoms with Crippen molar-refractivity contribution in [1.29, 1.82) is 0 Å². The van der Waals surface area contributed by atoms with Crippen molar-refractivity contribution in [3.8, 4) is 11.4 Å². The Labute approximate surface area is 208 Å². The van der Waals surface area contributed by atoms with Gasteiger partial charge in [-0.1, -0.05) is 48.5 Å². The highest BCUT2D eigenvalue weighted by atomic mass is 16.5. The number of benzene rings is 2. The van der Waals surface area contributed by atoms with Crippen LogP contribution in [-0.4, -0.2) is 51.9 Å². The van der Waals surface area contributed by atoms with Gasteiger partial charge >= 0.3 is 6.03 Å². The third-order valence-electron chi connectivity index (χ3n) is 6.38. The van der Waals surface area contributed by atoms with Crippen LogP contribution in [0.3, 0.4) is 0 Å². The fourth-order valence-corrected chi connectivity index (χ4v) is 4.56. The maximum atomic E-state index is 12.9. The summed E-state index contributed by atoms with van der Waals surface area (Å²) in [5.41, 5.74) is 5.51. The summed E-state index contributed by atoms with van der Waals surface area (Å²) in [5.74, 6) is 0.778. The smallest absolute Gasteiger partial charge is 0.318 e. The molecule has 0 fully saturated rings.